The number of hydrogen-bond donors (Lipinski definition) is 2. The van der Waals surface area contributed by atoms with E-state index in [4.69, 9.17) is 10.9 Å². The van der Waals surface area contributed by atoms with E-state index in [1.807, 2.05) is 5.38 Å². The molecule has 0 atom stereocenters. The van der Waals surface area contributed by atoms with Crippen LogP contribution in [0.15, 0.2) is 34.2 Å². The predicted octanol–water partition coefficient (Wildman–Crippen LogP) is 2.01. The summed E-state index contributed by atoms with van der Waals surface area (Å²) >= 11 is 1.50. The zero-order chi connectivity index (χ0) is 13.8. The number of halogens is 1. The van der Waals surface area contributed by atoms with Crippen molar-refractivity contribution in [2.45, 2.75) is 6.54 Å². The standard InChI is InChI=1S/C12H13FN4OS/c1-17(5-9-6-19-7-15-9)11-3-2-8(4-10(11)13)12(14)16-18/h2-4,6-7,18H,5H2,1H3,(H2,14,16). The van der Waals surface area contributed by atoms with Gasteiger partial charge >= 0.3 is 0 Å². The molecule has 5 nitrogen and oxygen atoms in total. The van der Waals surface area contributed by atoms with Crippen LogP contribution in [0.25, 0.3) is 0 Å². The molecule has 0 aliphatic carbocycles. The summed E-state index contributed by atoms with van der Waals surface area (Å²) in [5.74, 6) is -0.547. The Kier molecular flexibility index (Phi) is 3.96. The molecule has 0 unspecified atom stereocenters. The first-order valence-corrected chi connectivity index (χ1v) is 6.41. The maximum atomic E-state index is 14.0. The fourth-order valence-electron chi connectivity index (χ4n) is 1.68. The average Bonchev–Trinajstić information content (AvgIpc) is 2.90. The van der Waals surface area contributed by atoms with Crippen molar-refractivity contribution < 1.29 is 9.60 Å². The van der Waals surface area contributed by atoms with E-state index in [2.05, 4.69) is 10.1 Å². The summed E-state index contributed by atoms with van der Waals surface area (Å²) in [6, 6.07) is 4.43. The van der Waals surface area contributed by atoms with Gasteiger partial charge in [0.15, 0.2) is 5.84 Å². The van der Waals surface area contributed by atoms with Crippen molar-refractivity contribution >= 4 is 22.9 Å². The van der Waals surface area contributed by atoms with Crippen LogP contribution in [0.5, 0.6) is 0 Å². The van der Waals surface area contributed by atoms with E-state index in [-0.39, 0.29) is 5.84 Å². The van der Waals surface area contributed by atoms with E-state index < -0.39 is 5.82 Å². The number of nitrogens with two attached hydrogens (primary N) is 1. The molecule has 2 rings (SSSR count). The molecule has 0 fully saturated rings. The lowest BCUT2D eigenvalue weighted by molar-refractivity contribution is 0.318. The van der Waals surface area contributed by atoms with Crippen molar-refractivity contribution in [3.63, 3.8) is 0 Å². The van der Waals surface area contributed by atoms with E-state index in [0.717, 1.165) is 5.69 Å². The zero-order valence-electron chi connectivity index (χ0n) is 10.2. The second-order valence-corrected chi connectivity index (χ2v) is 4.71. The number of amidine groups is 1. The molecule has 2 aromatic rings. The summed E-state index contributed by atoms with van der Waals surface area (Å²) in [5, 5.41) is 13.3. The lowest BCUT2D eigenvalue weighted by Crippen LogP contribution is -2.19. The van der Waals surface area contributed by atoms with Crippen LogP contribution < -0.4 is 10.6 Å². The Labute approximate surface area is 113 Å². The topological polar surface area (TPSA) is 74.7 Å². The summed E-state index contributed by atoms with van der Waals surface area (Å²) in [4.78, 5) is 5.90. The molecule has 0 aliphatic heterocycles. The molecule has 100 valence electrons. The van der Waals surface area contributed by atoms with Gasteiger partial charge in [0.05, 0.1) is 23.4 Å². The van der Waals surface area contributed by atoms with Crippen molar-refractivity contribution in [3.05, 3.63) is 46.2 Å². The highest BCUT2D eigenvalue weighted by Crippen LogP contribution is 2.21. The number of hydrogen-bond acceptors (Lipinski definition) is 5. The van der Waals surface area contributed by atoms with E-state index >= 15 is 0 Å². The molecule has 0 radical (unpaired) electrons. The Morgan fingerprint density at radius 3 is 2.95 bits per heavy atom. The first-order chi connectivity index (χ1) is 9.11. The van der Waals surface area contributed by atoms with Gasteiger partial charge in [-0.3, -0.25) is 0 Å². The summed E-state index contributed by atoms with van der Waals surface area (Å²) < 4.78 is 14.0. The third kappa shape index (κ3) is 3.00. The second kappa shape index (κ2) is 5.66. The number of oxime groups is 1. The fourth-order valence-corrected chi connectivity index (χ4v) is 2.23. The Morgan fingerprint density at radius 2 is 2.37 bits per heavy atom. The van der Waals surface area contributed by atoms with Crippen LogP contribution in [0.4, 0.5) is 10.1 Å². The van der Waals surface area contributed by atoms with Crippen molar-refractivity contribution in [2.75, 3.05) is 11.9 Å². The molecule has 1 aromatic heterocycles. The minimum absolute atomic E-state index is 0.118. The van der Waals surface area contributed by atoms with Gasteiger partial charge in [0, 0.05) is 18.0 Å². The average molecular weight is 280 g/mol. The molecular weight excluding hydrogens is 267 g/mol. The second-order valence-electron chi connectivity index (χ2n) is 3.99. The number of benzene rings is 1. The monoisotopic (exact) mass is 280 g/mol. The fraction of sp³-hybridized carbons (Fsp3) is 0.167. The van der Waals surface area contributed by atoms with E-state index in [9.17, 15) is 4.39 Å². The molecule has 19 heavy (non-hydrogen) atoms. The van der Waals surface area contributed by atoms with Gasteiger partial charge in [-0.05, 0) is 18.2 Å². The number of thiazole rings is 1. The van der Waals surface area contributed by atoms with Crippen molar-refractivity contribution in [3.8, 4) is 0 Å². The summed E-state index contributed by atoms with van der Waals surface area (Å²) in [5.41, 5.74) is 8.80. The highest BCUT2D eigenvalue weighted by atomic mass is 32.1. The number of aromatic nitrogens is 1. The van der Waals surface area contributed by atoms with E-state index in [0.29, 0.717) is 17.8 Å². The molecular formula is C12H13FN4OS. The predicted molar refractivity (Wildman–Crippen MR) is 73.1 cm³/mol. The van der Waals surface area contributed by atoms with Crippen molar-refractivity contribution in [2.24, 2.45) is 10.9 Å². The summed E-state index contributed by atoms with van der Waals surface area (Å²) in [6.45, 7) is 0.517. The molecule has 0 saturated heterocycles. The van der Waals surface area contributed by atoms with Crippen molar-refractivity contribution in [1.29, 1.82) is 0 Å². The van der Waals surface area contributed by atoms with Gasteiger partial charge in [0.25, 0.3) is 0 Å². The Bertz CT molecular complexity index is 585. The van der Waals surface area contributed by atoms with E-state index in [1.54, 1.807) is 29.6 Å². The molecule has 0 saturated carbocycles. The van der Waals surface area contributed by atoms with Crippen LogP contribution in [0.2, 0.25) is 0 Å². The zero-order valence-corrected chi connectivity index (χ0v) is 11.1. The lowest BCUT2D eigenvalue weighted by atomic mass is 10.1. The third-order valence-corrected chi connectivity index (χ3v) is 3.28. The van der Waals surface area contributed by atoms with Crippen LogP contribution >= 0.6 is 11.3 Å². The number of anilines is 1. The van der Waals surface area contributed by atoms with Crippen LogP contribution in [-0.2, 0) is 6.54 Å². The molecule has 3 N–H and O–H groups in total. The Hall–Kier alpha value is -2.15. The minimum Gasteiger partial charge on any atom is -0.409 e. The third-order valence-electron chi connectivity index (χ3n) is 2.65. The molecule has 1 heterocycles. The quantitative estimate of drug-likeness (QED) is 0.389. The van der Waals surface area contributed by atoms with Gasteiger partial charge in [-0.25, -0.2) is 9.37 Å². The van der Waals surface area contributed by atoms with Crippen molar-refractivity contribution in [1.82, 2.24) is 4.98 Å². The van der Waals surface area contributed by atoms with Crippen LogP contribution in [0.3, 0.4) is 0 Å². The normalized spacial score (nSPS) is 11.6. The molecule has 0 amide bonds. The van der Waals surface area contributed by atoms with Gasteiger partial charge in [-0.15, -0.1) is 11.3 Å². The largest absolute Gasteiger partial charge is 0.409 e. The smallest absolute Gasteiger partial charge is 0.170 e. The van der Waals surface area contributed by atoms with Crippen LogP contribution in [0, 0.1) is 5.82 Å². The lowest BCUT2D eigenvalue weighted by Gasteiger charge is -2.19. The summed E-state index contributed by atoms with van der Waals surface area (Å²) in [7, 11) is 1.78. The van der Waals surface area contributed by atoms with Gasteiger partial charge < -0.3 is 15.8 Å². The van der Waals surface area contributed by atoms with Gasteiger partial charge in [-0.1, -0.05) is 5.16 Å². The minimum atomic E-state index is -0.429. The molecule has 1 aromatic carbocycles. The highest BCUT2D eigenvalue weighted by molar-refractivity contribution is 7.07. The van der Waals surface area contributed by atoms with Gasteiger partial charge in [0.2, 0.25) is 0 Å². The molecule has 0 aliphatic rings. The SMILES string of the molecule is CN(Cc1cscn1)c1ccc(C(N)=NO)cc1F. The van der Waals surface area contributed by atoms with Gasteiger partial charge in [-0.2, -0.15) is 0 Å². The maximum Gasteiger partial charge on any atom is 0.170 e. The van der Waals surface area contributed by atoms with Crippen LogP contribution in [0.1, 0.15) is 11.3 Å². The molecule has 0 spiro atoms. The van der Waals surface area contributed by atoms with E-state index in [1.165, 1.54) is 17.4 Å². The molecule has 7 heteroatoms. The van der Waals surface area contributed by atoms with Crippen LogP contribution in [-0.4, -0.2) is 23.1 Å². The summed E-state index contributed by atoms with van der Waals surface area (Å²) in [6.07, 6.45) is 0. The van der Waals surface area contributed by atoms with Gasteiger partial charge in [0.1, 0.15) is 5.82 Å². The number of nitrogens with zero attached hydrogens (tertiary/aromatic N) is 3. The first kappa shape index (κ1) is 13.3. The Balaban J connectivity index is 2.21. The Morgan fingerprint density at radius 1 is 1.58 bits per heavy atom. The molecule has 0 bridgehead atoms. The maximum absolute atomic E-state index is 14.0. The number of rotatable bonds is 4. The highest BCUT2D eigenvalue weighted by Gasteiger charge is 2.11. The first-order valence-electron chi connectivity index (χ1n) is 5.47.